The SMILES string of the molecule is Cc1cnc(C)c(C)c1C.I. The van der Waals surface area contributed by atoms with Crippen molar-refractivity contribution in [3.8, 4) is 0 Å². The van der Waals surface area contributed by atoms with Gasteiger partial charge in [0.2, 0.25) is 0 Å². The predicted octanol–water partition coefficient (Wildman–Crippen LogP) is 2.93. The van der Waals surface area contributed by atoms with Crippen molar-refractivity contribution in [2.24, 2.45) is 0 Å². The zero-order chi connectivity index (χ0) is 7.72. The molecule has 1 aromatic rings. The van der Waals surface area contributed by atoms with Crippen molar-refractivity contribution in [1.29, 1.82) is 0 Å². The molecule has 0 aliphatic carbocycles. The van der Waals surface area contributed by atoms with Gasteiger partial charge in [-0.25, -0.2) is 0 Å². The number of pyridine rings is 1. The van der Waals surface area contributed by atoms with Crippen LogP contribution in [0.25, 0.3) is 0 Å². The molecule has 0 N–H and O–H groups in total. The minimum atomic E-state index is 0. The second-order valence-corrected chi connectivity index (χ2v) is 2.78. The zero-order valence-corrected chi connectivity index (χ0v) is 9.76. The largest absolute Gasteiger partial charge is 0.261 e. The normalized spacial score (nSPS) is 9.09. The molecule has 0 spiro atoms. The van der Waals surface area contributed by atoms with Gasteiger partial charge in [0.1, 0.15) is 0 Å². The summed E-state index contributed by atoms with van der Waals surface area (Å²) in [5.74, 6) is 0. The Labute approximate surface area is 85.3 Å². The lowest BCUT2D eigenvalue weighted by Gasteiger charge is -2.05. The van der Waals surface area contributed by atoms with E-state index in [4.69, 9.17) is 0 Å². The van der Waals surface area contributed by atoms with Crippen molar-refractivity contribution in [3.05, 3.63) is 28.6 Å². The van der Waals surface area contributed by atoms with Crippen molar-refractivity contribution in [1.82, 2.24) is 4.98 Å². The first-order valence-electron chi connectivity index (χ1n) is 3.52. The van der Waals surface area contributed by atoms with Crippen LogP contribution in [-0.2, 0) is 0 Å². The summed E-state index contributed by atoms with van der Waals surface area (Å²) in [7, 11) is 0. The fourth-order valence-corrected chi connectivity index (χ4v) is 0.954. The molecule has 1 nitrogen and oxygen atoms in total. The zero-order valence-electron chi connectivity index (χ0n) is 7.43. The standard InChI is InChI=1S/C9H13N.HI/c1-6-5-10-9(4)8(3)7(6)2;/h5H,1-4H3;1H. The number of aryl methyl sites for hydroxylation is 2. The molecule has 0 aromatic carbocycles. The summed E-state index contributed by atoms with van der Waals surface area (Å²) in [4.78, 5) is 4.24. The Morgan fingerprint density at radius 3 is 2.00 bits per heavy atom. The van der Waals surface area contributed by atoms with Gasteiger partial charge in [-0.2, -0.15) is 0 Å². The summed E-state index contributed by atoms with van der Waals surface area (Å²) in [6.07, 6.45) is 1.93. The van der Waals surface area contributed by atoms with Gasteiger partial charge in [-0.15, -0.1) is 24.0 Å². The van der Waals surface area contributed by atoms with E-state index >= 15 is 0 Å². The second kappa shape index (κ2) is 4.04. The monoisotopic (exact) mass is 263 g/mol. The molecule has 0 aliphatic rings. The molecule has 0 amide bonds. The van der Waals surface area contributed by atoms with E-state index in [1.165, 1.54) is 16.7 Å². The molecule has 0 saturated carbocycles. The van der Waals surface area contributed by atoms with Crippen molar-refractivity contribution >= 4 is 24.0 Å². The summed E-state index contributed by atoms with van der Waals surface area (Å²) in [5, 5.41) is 0. The molecule has 0 saturated heterocycles. The molecular formula is C9H14IN. The third-order valence-electron chi connectivity index (χ3n) is 2.15. The highest BCUT2D eigenvalue weighted by Crippen LogP contribution is 2.12. The number of nitrogens with zero attached hydrogens (tertiary/aromatic N) is 1. The Morgan fingerprint density at radius 1 is 1.00 bits per heavy atom. The minimum Gasteiger partial charge on any atom is -0.261 e. The maximum atomic E-state index is 4.24. The maximum absolute atomic E-state index is 4.24. The average molecular weight is 263 g/mol. The van der Waals surface area contributed by atoms with Crippen LogP contribution in [0.3, 0.4) is 0 Å². The van der Waals surface area contributed by atoms with Crippen LogP contribution >= 0.6 is 24.0 Å². The topological polar surface area (TPSA) is 12.9 Å². The highest BCUT2D eigenvalue weighted by molar-refractivity contribution is 14.0. The van der Waals surface area contributed by atoms with E-state index in [9.17, 15) is 0 Å². The van der Waals surface area contributed by atoms with Crippen molar-refractivity contribution in [3.63, 3.8) is 0 Å². The van der Waals surface area contributed by atoms with Crippen LogP contribution in [0, 0.1) is 27.7 Å². The summed E-state index contributed by atoms with van der Waals surface area (Å²) in [5.41, 5.74) is 5.11. The first-order valence-corrected chi connectivity index (χ1v) is 3.52. The fraction of sp³-hybridized carbons (Fsp3) is 0.444. The fourth-order valence-electron chi connectivity index (χ4n) is 0.954. The van der Waals surface area contributed by atoms with Gasteiger partial charge in [0.05, 0.1) is 0 Å². The first-order chi connectivity index (χ1) is 4.63. The molecule has 0 radical (unpaired) electrons. The summed E-state index contributed by atoms with van der Waals surface area (Å²) in [6.45, 7) is 8.39. The molecular weight excluding hydrogens is 249 g/mol. The molecule has 11 heavy (non-hydrogen) atoms. The highest BCUT2D eigenvalue weighted by Gasteiger charge is 1.98. The summed E-state index contributed by atoms with van der Waals surface area (Å²) < 4.78 is 0. The molecule has 1 aromatic heterocycles. The Hall–Kier alpha value is -0.120. The predicted molar refractivity (Wildman–Crippen MR) is 58.6 cm³/mol. The van der Waals surface area contributed by atoms with Crippen LogP contribution in [0.4, 0.5) is 0 Å². The number of rotatable bonds is 0. The van der Waals surface area contributed by atoms with E-state index in [2.05, 4.69) is 25.8 Å². The second-order valence-electron chi connectivity index (χ2n) is 2.78. The number of hydrogen-bond donors (Lipinski definition) is 0. The number of hydrogen-bond acceptors (Lipinski definition) is 1. The number of aromatic nitrogens is 1. The van der Waals surface area contributed by atoms with Gasteiger partial charge in [0.15, 0.2) is 0 Å². The molecule has 0 unspecified atom stereocenters. The van der Waals surface area contributed by atoms with E-state index < -0.39 is 0 Å². The molecule has 1 rings (SSSR count). The minimum absolute atomic E-state index is 0. The van der Waals surface area contributed by atoms with Crippen LogP contribution in [0.5, 0.6) is 0 Å². The Balaban J connectivity index is 0.000001000. The van der Waals surface area contributed by atoms with Crippen LogP contribution < -0.4 is 0 Å². The first kappa shape index (κ1) is 10.9. The van der Waals surface area contributed by atoms with E-state index in [1.54, 1.807) is 0 Å². The van der Waals surface area contributed by atoms with Crippen molar-refractivity contribution in [2.45, 2.75) is 27.7 Å². The molecule has 0 aliphatic heterocycles. The lowest BCUT2D eigenvalue weighted by atomic mass is 10.1. The van der Waals surface area contributed by atoms with Crippen LogP contribution in [-0.4, -0.2) is 4.98 Å². The Kier molecular flexibility index (Phi) is 4.00. The summed E-state index contributed by atoms with van der Waals surface area (Å²) >= 11 is 0. The van der Waals surface area contributed by atoms with Gasteiger partial charge in [-0.05, 0) is 44.4 Å². The van der Waals surface area contributed by atoms with E-state index in [0.717, 1.165) is 5.69 Å². The van der Waals surface area contributed by atoms with Gasteiger partial charge in [0.25, 0.3) is 0 Å². The quantitative estimate of drug-likeness (QED) is 0.656. The van der Waals surface area contributed by atoms with Gasteiger partial charge in [-0.1, -0.05) is 0 Å². The molecule has 0 bridgehead atoms. The van der Waals surface area contributed by atoms with Crippen molar-refractivity contribution in [2.75, 3.05) is 0 Å². The molecule has 0 atom stereocenters. The molecule has 1 heterocycles. The molecule has 0 fully saturated rings. The Bertz CT molecular complexity index is 229. The smallest absolute Gasteiger partial charge is 0.0404 e. The van der Waals surface area contributed by atoms with Crippen LogP contribution in [0.15, 0.2) is 6.20 Å². The van der Waals surface area contributed by atoms with Crippen LogP contribution in [0.1, 0.15) is 22.4 Å². The average Bonchev–Trinajstić information content (AvgIpc) is 1.93. The van der Waals surface area contributed by atoms with Gasteiger partial charge in [-0.3, -0.25) is 4.98 Å². The van der Waals surface area contributed by atoms with E-state index in [-0.39, 0.29) is 24.0 Å². The lowest BCUT2D eigenvalue weighted by Crippen LogP contribution is -1.92. The molecule has 2 heteroatoms. The van der Waals surface area contributed by atoms with Crippen LogP contribution in [0.2, 0.25) is 0 Å². The van der Waals surface area contributed by atoms with Gasteiger partial charge >= 0.3 is 0 Å². The third-order valence-corrected chi connectivity index (χ3v) is 2.15. The highest BCUT2D eigenvalue weighted by atomic mass is 127. The Morgan fingerprint density at radius 2 is 1.55 bits per heavy atom. The summed E-state index contributed by atoms with van der Waals surface area (Å²) in [6, 6.07) is 0. The van der Waals surface area contributed by atoms with Gasteiger partial charge < -0.3 is 0 Å². The molecule has 62 valence electrons. The lowest BCUT2D eigenvalue weighted by molar-refractivity contribution is 1.09. The maximum Gasteiger partial charge on any atom is 0.0404 e. The van der Waals surface area contributed by atoms with E-state index in [1.807, 2.05) is 13.1 Å². The third kappa shape index (κ3) is 2.15. The van der Waals surface area contributed by atoms with E-state index in [0.29, 0.717) is 0 Å². The van der Waals surface area contributed by atoms with Crippen molar-refractivity contribution < 1.29 is 0 Å². The van der Waals surface area contributed by atoms with Gasteiger partial charge in [0, 0.05) is 11.9 Å². The number of halogens is 1.